The zero-order valence-electron chi connectivity index (χ0n) is 16.4. The maximum atomic E-state index is 11.3. The number of hydrogen-bond donors (Lipinski definition) is 1. The van der Waals surface area contributed by atoms with Crippen LogP contribution in [0.3, 0.4) is 0 Å². The first-order chi connectivity index (χ1) is 12.2. The molecule has 0 spiro atoms. The summed E-state index contributed by atoms with van der Waals surface area (Å²) in [6.07, 6.45) is 1.71. The summed E-state index contributed by atoms with van der Waals surface area (Å²) in [5.74, 6) is 2.17. The SMILES string of the molecule is Cc1cccc(N2C[C@@H]3C[C@@](O)(c4ccc(C(C)(C)C)cc4)C[C@@H]3C2)n1. The van der Waals surface area contributed by atoms with E-state index in [1.165, 1.54) is 5.56 Å². The molecule has 0 bridgehead atoms. The van der Waals surface area contributed by atoms with Crippen molar-refractivity contribution < 1.29 is 5.11 Å². The van der Waals surface area contributed by atoms with Gasteiger partial charge < -0.3 is 10.0 Å². The summed E-state index contributed by atoms with van der Waals surface area (Å²) < 4.78 is 0. The molecule has 0 amide bonds. The highest BCUT2D eigenvalue weighted by atomic mass is 16.3. The first-order valence-corrected chi connectivity index (χ1v) is 9.77. The predicted molar refractivity (Wildman–Crippen MR) is 106 cm³/mol. The molecule has 0 unspecified atom stereocenters. The Hall–Kier alpha value is -1.87. The van der Waals surface area contributed by atoms with Gasteiger partial charge in [-0.1, -0.05) is 51.1 Å². The molecule has 2 fully saturated rings. The van der Waals surface area contributed by atoms with Gasteiger partial charge in [0.25, 0.3) is 0 Å². The molecule has 2 aromatic rings. The van der Waals surface area contributed by atoms with E-state index in [0.29, 0.717) is 11.8 Å². The van der Waals surface area contributed by atoms with Crippen LogP contribution < -0.4 is 4.90 Å². The number of aliphatic hydroxyl groups is 1. The summed E-state index contributed by atoms with van der Waals surface area (Å²) in [7, 11) is 0. The predicted octanol–water partition coefficient (Wildman–Crippen LogP) is 4.42. The molecule has 1 aliphatic carbocycles. The number of aromatic nitrogens is 1. The Bertz CT molecular complexity index is 777. The third-order valence-corrected chi connectivity index (χ3v) is 6.26. The van der Waals surface area contributed by atoms with Crippen LogP contribution in [0.4, 0.5) is 5.82 Å². The van der Waals surface area contributed by atoms with Crippen molar-refractivity contribution in [2.45, 2.75) is 51.6 Å². The molecule has 3 heteroatoms. The fraction of sp³-hybridized carbons (Fsp3) is 0.522. The van der Waals surface area contributed by atoms with E-state index >= 15 is 0 Å². The summed E-state index contributed by atoms with van der Waals surface area (Å²) in [5.41, 5.74) is 2.95. The third-order valence-electron chi connectivity index (χ3n) is 6.26. The quantitative estimate of drug-likeness (QED) is 0.871. The highest BCUT2D eigenvalue weighted by Gasteiger charge is 2.49. The van der Waals surface area contributed by atoms with Crippen molar-refractivity contribution in [3.05, 3.63) is 59.3 Å². The number of pyridine rings is 1. The standard InChI is InChI=1S/C23H30N2O/c1-16-6-5-7-21(24-16)25-14-17-12-23(26,13-18(17)15-25)20-10-8-19(9-11-20)22(2,3)4/h5-11,17-18,26H,12-15H2,1-4H3/t17-,18+,23-. The lowest BCUT2D eigenvalue weighted by atomic mass is 9.84. The van der Waals surface area contributed by atoms with Crippen molar-refractivity contribution in [2.75, 3.05) is 18.0 Å². The number of aryl methyl sites for hydroxylation is 1. The Balaban J connectivity index is 1.48. The van der Waals surface area contributed by atoms with Crippen molar-refractivity contribution in [1.29, 1.82) is 0 Å². The van der Waals surface area contributed by atoms with Gasteiger partial charge in [-0.15, -0.1) is 0 Å². The first-order valence-electron chi connectivity index (χ1n) is 9.77. The zero-order chi connectivity index (χ0) is 18.5. The number of nitrogens with zero attached hydrogens (tertiary/aromatic N) is 2. The van der Waals surface area contributed by atoms with Gasteiger partial charge in [0.15, 0.2) is 0 Å². The number of rotatable bonds is 2. The molecule has 26 heavy (non-hydrogen) atoms. The van der Waals surface area contributed by atoms with Crippen LogP contribution in [0.25, 0.3) is 0 Å². The average molecular weight is 351 g/mol. The van der Waals surface area contributed by atoms with Crippen molar-refractivity contribution in [3.63, 3.8) is 0 Å². The lowest BCUT2D eigenvalue weighted by molar-refractivity contribution is 0.0365. The van der Waals surface area contributed by atoms with E-state index in [9.17, 15) is 5.11 Å². The molecule has 138 valence electrons. The molecule has 2 heterocycles. The fourth-order valence-corrected chi connectivity index (χ4v) is 4.76. The Morgan fingerprint density at radius 1 is 1.00 bits per heavy atom. The van der Waals surface area contributed by atoms with Gasteiger partial charge in [0.1, 0.15) is 5.82 Å². The molecule has 1 aliphatic heterocycles. The van der Waals surface area contributed by atoms with E-state index in [1.54, 1.807) is 0 Å². The minimum Gasteiger partial charge on any atom is -0.385 e. The number of anilines is 1. The highest BCUT2D eigenvalue weighted by Crippen LogP contribution is 2.49. The van der Waals surface area contributed by atoms with Gasteiger partial charge in [-0.05, 0) is 60.3 Å². The zero-order valence-corrected chi connectivity index (χ0v) is 16.4. The molecule has 4 rings (SSSR count). The number of benzene rings is 1. The van der Waals surface area contributed by atoms with Gasteiger partial charge in [0.2, 0.25) is 0 Å². The van der Waals surface area contributed by atoms with Crippen molar-refractivity contribution in [2.24, 2.45) is 11.8 Å². The lowest BCUT2D eigenvalue weighted by Crippen LogP contribution is -2.28. The van der Waals surface area contributed by atoms with Crippen LogP contribution >= 0.6 is 0 Å². The minimum atomic E-state index is -0.669. The summed E-state index contributed by atoms with van der Waals surface area (Å²) in [6.45, 7) is 10.7. The largest absolute Gasteiger partial charge is 0.385 e. The van der Waals surface area contributed by atoms with Crippen molar-refractivity contribution >= 4 is 5.82 Å². The average Bonchev–Trinajstić information content (AvgIpc) is 3.10. The second-order valence-corrected chi connectivity index (χ2v) is 9.33. The molecular formula is C23H30N2O. The monoisotopic (exact) mass is 350 g/mol. The van der Waals surface area contributed by atoms with Gasteiger partial charge in [0, 0.05) is 18.8 Å². The maximum absolute atomic E-state index is 11.3. The summed E-state index contributed by atoms with van der Waals surface area (Å²) in [4.78, 5) is 7.07. The summed E-state index contributed by atoms with van der Waals surface area (Å²) in [6, 6.07) is 14.9. The van der Waals surface area contributed by atoms with E-state index in [2.05, 4.69) is 67.1 Å². The highest BCUT2D eigenvalue weighted by molar-refractivity contribution is 5.42. The molecule has 1 saturated carbocycles. The molecule has 1 saturated heterocycles. The topological polar surface area (TPSA) is 36.4 Å². The smallest absolute Gasteiger partial charge is 0.128 e. The third kappa shape index (κ3) is 3.14. The van der Waals surface area contributed by atoms with Gasteiger partial charge in [-0.25, -0.2) is 4.98 Å². The molecule has 0 radical (unpaired) electrons. The van der Waals surface area contributed by atoms with Crippen LogP contribution in [0.5, 0.6) is 0 Å². The lowest BCUT2D eigenvalue weighted by Gasteiger charge is -2.28. The van der Waals surface area contributed by atoms with E-state index in [-0.39, 0.29) is 5.41 Å². The second-order valence-electron chi connectivity index (χ2n) is 9.33. The Morgan fingerprint density at radius 3 is 2.15 bits per heavy atom. The van der Waals surface area contributed by atoms with E-state index < -0.39 is 5.60 Å². The van der Waals surface area contributed by atoms with Gasteiger partial charge in [-0.2, -0.15) is 0 Å². The van der Waals surface area contributed by atoms with E-state index in [1.807, 2.05) is 13.0 Å². The fourth-order valence-electron chi connectivity index (χ4n) is 4.76. The van der Waals surface area contributed by atoms with Crippen LogP contribution in [-0.4, -0.2) is 23.2 Å². The van der Waals surface area contributed by atoms with E-state index in [4.69, 9.17) is 0 Å². The van der Waals surface area contributed by atoms with Crippen LogP contribution in [0, 0.1) is 18.8 Å². The van der Waals surface area contributed by atoms with Crippen LogP contribution in [0.15, 0.2) is 42.5 Å². The molecule has 1 N–H and O–H groups in total. The number of fused-ring (bicyclic) bond motifs is 1. The van der Waals surface area contributed by atoms with E-state index in [0.717, 1.165) is 43.0 Å². The van der Waals surface area contributed by atoms with Crippen LogP contribution in [-0.2, 0) is 11.0 Å². The van der Waals surface area contributed by atoms with Gasteiger partial charge in [-0.3, -0.25) is 0 Å². The first kappa shape index (κ1) is 17.5. The molecule has 1 aromatic heterocycles. The molecule has 3 atom stereocenters. The van der Waals surface area contributed by atoms with Crippen LogP contribution in [0.2, 0.25) is 0 Å². The van der Waals surface area contributed by atoms with Gasteiger partial charge in [0.05, 0.1) is 5.60 Å². The Morgan fingerprint density at radius 2 is 1.62 bits per heavy atom. The van der Waals surface area contributed by atoms with Crippen molar-refractivity contribution in [1.82, 2.24) is 4.98 Å². The summed E-state index contributed by atoms with van der Waals surface area (Å²) >= 11 is 0. The number of hydrogen-bond acceptors (Lipinski definition) is 3. The summed E-state index contributed by atoms with van der Waals surface area (Å²) in [5, 5.41) is 11.3. The molecular weight excluding hydrogens is 320 g/mol. The molecule has 1 aromatic carbocycles. The Kier molecular flexibility index (Phi) is 4.11. The molecule has 2 aliphatic rings. The van der Waals surface area contributed by atoms with Crippen molar-refractivity contribution in [3.8, 4) is 0 Å². The van der Waals surface area contributed by atoms with Crippen LogP contribution in [0.1, 0.15) is 50.4 Å². The maximum Gasteiger partial charge on any atom is 0.128 e. The minimum absolute atomic E-state index is 0.147. The van der Waals surface area contributed by atoms with Gasteiger partial charge >= 0.3 is 0 Å². The molecule has 3 nitrogen and oxygen atoms in total. The Labute approximate surface area is 157 Å². The second kappa shape index (κ2) is 6.09. The normalized spacial score (nSPS) is 28.4.